The number of para-hydroxylation sites is 3. The van der Waals surface area contributed by atoms with Crippen LogP contribution >= 0.6 is 0 Å². The van der Waals surface area contributed by atoms with Crippen LogP contribution in [0.25, 0.3) is 82.9 Å². The number of fused-ring (bicyclic) bond motifs is 8. The number of hydrogen-bond donors (Lipinski definition) is 0. The van der Waals surface area contributed by atoms with Crippen LogP contribution in [0.2, 0.25) is 0 Å². The zero-order valence-corrected chi connectivity index (χ0v) is 56.3. The van der Waals surface area contributed by atoms with Crippen LogP contribution in [0, 0.1) is 35.5 Å². The maximum atomic E-state index is 10.3. The smallest absolute Gasteiger partial charge is 0.136 e. The minimum atomic E-state index is -0.455. The van der Waals surface area contributed by atoms with Gasteiger partial charge in [-0.05, 0) is 132 Å². The summed E-state index contributed by atoms with van der Waals surface area (Å²) in [4.78, 5) is 9.32. The van der Waals surface area contributed by atoms with Gasteiger partial charge in [0.25, 0.3) is 0 Å². The summed E-state index contributed by atoms with van der Waals surface area (Å²) < 4.78 is 61.7. The van der Waals surface area contributed by atoms with Crippen LogP contribution in [-0.2, 0) is 37.3 Å². The van der Waals surface area contributed by atoms with Gasteiger partial charge in [0.05, 0.1) is 18.5 Å². The normalized spacial score (nSPS) is 13.8. The molecule has 1 aliphatic rings. The monoisotopic (exact) mass is 1360 g/mol. The molecule has 7 nitrogen and oxygen atoms in total. The molecule has 0 fully saturated rings. The molecule has 3 aromatic heterocycles. The molecule has 0 spiro atoms. The van der Waals surface area contributed by atoms with Crippen LogP contribution in [0.5, 0.6) is 11.5 Å². The third kappa shape index (κ3) is 10.7. The van der Waals surface area contributed by atoms with Crippen molar-refractivity contribution in [3.8, 4) is 56.8 Å². The molecule has 0 aliphatic carbocycles. The molecule has 0 atom stereocenters. The molecule has 4 heterocycles. The standard InChI is InChI=1S/C82H78N5O2.Pt/c1-50(2)62-27-22-28-63(51(3)4)74(62)55-42-59(85-49-86(69-32-20-19-31-68(69)85)77-64(52-24-17-16-18-25-52)29-23-30-65(77)54-40-57(79(5,6)7)44-58(41-54)80(8,9)10)46-61(43-55)88-60-34-35-66-71(47-60)87(73-45-56(38-39-84-73)82(14,15)81(11,12)13)70-37-36-67-75-53(48-83)26-21-33-72(75)89-78(67)76(66)70;/h16-45,49-51H,1-15H3;/q-3;/i16D,17D,18D,24D,25D;. The van der Waals surface area contributed by atoms with E-state index in [1.807, 2.05) is 67.5 Å². The fraction of sp³-hybridized carbons (Fsp3) is 0.256. The Morgan fingerprint density at radius 1 is 0.600 bits per heavy atom. The predicted molar refractivity (Wildman–Crippen MR) is 371 cm³/mol. The van der Waals surface area contributed by atoms with Crippen molar-refractivity contribution in [1.82, 2.24) is 9.55 Å². The Kier molecular flexibility index (Phi) is 14.1. The van der Waals surface area contributed by atoms with E-state index < -0.39 is 18.1 Å². The number of furan rings is 1. The van der Waals surface area contributed by atoms with Crippen molar-refractivity contribution in [3.05, 3.63) is 234 Å². The molecule has 0 saturated carbocycles. The number of nitriles is 1. The minimum absolute atomic E-state index is 0. The van der Waals surface area contributed by atoms with Gasteiger partial charge >= 0.3 is 0 Å². The predicted octanol–water partition coefficient (Wildman–Crippen LogP) is 22.9. The number of benzene rings is 9. The van der Waals surface area contributed by atoms with Crippen LogP contribution in [-0.4, -0.2) is 9.55 Å². The van der Waals surface area contributed by atoms with Gasteiger partial charge in [0.2, 0.25) is 0 Å². The van der Waals surface area contributed by atoms with E-state index >= 15 is 0 Å². The molecule has 0 unspecified atom stereocenters. The Bertz CT molecular complexity index is 5040. The molecule has 0 amide bonds. The molecule has 0 bridgehead atoms. The average Bonchev–Trinajstić information content (AvgIpc) is 1.58. The number of anilines is 4. The number of hydrogen-bond acceptors (Lipinski definition) is 6. The minimum Gasteiger partial charge on any atom is -0.509 e. The van der Waals surface area contributed by atoms with Gasteiger partial charge in [0, 0.05) is 83.2 Å². The second-order valence-electron chi connectivity index (χ2n) is 28.1. The van der Waals surface area contributed by atoms with E-state index in [1.165, 1.54) is 11.1 Å². The SMILES string of the molecule is [2H]c1c([2H])c([2H])c(-c2cccc(-c3cc(C(C)(C)C)cc(C(C)(C)C)c3)c2N2[CH-]N(c3[c-]c(Oc4[c-]c5c(cc4)c4c6oc7cccc(C#N)c7c6ccc4n5-c4cc(C(C)(C)C(C)(C)C)ccn4)cc(-c4c(C(C)C)cccc4C(C)C)c3)c3ccccc32)c([2H])c1[2H].[Pt]. The van der Waals surface area contributed by atoms with Crippen LogP contribution in [0.15, 0.2) is 186 Å². The van der Waals surface area contributed by atoms with Gasteiger partial charge in [-0.15, -0.1) is 48.3 Å². The summed E-state index contributed by atoms with van der Waals surface area (Å²) in [6.07, 6.45) is 1.88. The summed E-state index contributed by atoms with van der Waals surface area (Å²) in [7, 11) is 0. The van der Waals surface area contributed by atoms with Gasteiger partial charge < -0.3 is 23.5 Å². The first-order chi connectivity index (χ1) is 44.5. The van der Waals surface area contributed by atoms with Crippen molar-refractivity contribution in [1.29, 1.82) is 5.26 Å². The summed E-state index contributed by atoms with van der Waals surface area (Å²) in [5, 5.41) is 13.7. The molecule has 8 heteroatoms. The third-order valence-electron chi connectivity index (χ3n) is 18.6. The topological polar surface area (TPSA) is 70.5 Å². The van der Waals surface area contributed by atoms with E-state index in [0.29, 0.717) is 51.0 Å². The molecule has 9 aromatic carbocycles. The largest absolute Gasteiger partial charge is 0.509 e. The second kappa shape index (κ2) is 23.0. The van der Waals surface area contributed by atoms with E-state index in [9.17, 15) is 8.00 Å². The number of rotatable bonds is 11. The number of ether oxygens (including phenoxy) is 1. The maximum absolute atomic E-state index is 10.3. The quantitative estimate of drug-likeness (QED) is 0.120. The van der Waals surface area contributed by atoms with Crippen molar-refractivity contribution in [2.45, 2.75) is 132 Å². The third-order valence-corrected chi connectivity index (χ3v) is 18.6. The molecule has 1 aliphatic heterocycles. The average molecular weight is 1370 g/mol. The van der Waals surface area contributed by atoms with Crippen molar-refractivity contribution < 1.29 is 37.1 Å². The van der Waals surface area contributed by atoms with E-state index in [2.05, 4.69) is 227 Å². The Morgan fingerprint density at radius 3 is 1.88 bits per heavy atom. The van der Waals surface area contributed by atoms with Crippen molar-refractivity contribution in [3.63, 3.8) is 0 Å². The molecule has 12 aromatic rings. The summed E-state index contributed by atoms with van der Waals surface area (Å²) in [5.41, 5.74) is 15.7. The first kappa shape index (κ1) is 55.4. The van der Waals surface area contributed by atoms with Crippen LogP contribution in [0.1, 0.15) is 156 Å². The maximum Gasteiger partial charge on any atom is 0.136 e. The first-order valence-electron chi connectivity index (χ1n) is 33.5. The second-order valence-corrected chi connectivity index (χ2v) is 28.1. The van der Waals surface area contributed by atoms with Crippen LogP contribution < -0.4 is 14.5 Å². The van der Waals surface area contributed by atoms with E-state index in [-0.39, 0.29) is 72.2 Å². The Labute approximate surface area is 553 Å². The van der Waals surface area contributed by atoms with Gasteiger partial charge in [0.15, 0.2) is 0 Å². The Balaban J connectivity index is 0.00000864. The van der Waals surface area contributed by atoms with Gasteiger partial charge in [-0.2, -0.15) is 11.3 Å². The van der Waals surface area contributed by atoms with Gasteiger partial charge in [-0.25, -0.2) is 4.98 Å². The van der Waals surface area contributed by atoms with Crippen LogP contribution in [0.3, 0.4) is 0 Å². The van der Waals surface area contributed by atoms with Gasteiger partial charge in [-0.3, -0.25) is 0 Å². The van der Waals surface area contributed by atoms with Gasteiger partial charge in [0.1, 0.15) is 17.0 Å². The molecule has 0 N–H and O–H groups in total. The van der Waals surface area contributed by atoms with E-state index in [0.717, 1.165) is 82.9 Å². The van der Waals surface area contributed by atoms with Crippen LogP contribution in [0.4, 0.5) is 22.7 Å². The fourth-order valence-electron chi connectivity index (χ4n) is 12.7. The van der Waals surface area contributed by atoms with E-state index in [4.69, 9.17) is 18.3 Å². The zero-order valence-electron chi connectivity index (χ0n) is 59.0. The summed E-state index contributed by atoms with van der Waals surface area (Å²) in [6.45, 7) is 35.6. The Hall–Kier alpha value is -8.69. The number of pyridine rings is 1. The van der Waals surface area contributed by atoms with Gasteiger partial charge in [-0.1, -0.05) is 218 Å². The summed E-state index contributed by atoms with van der Waals surface area (Å²) >= 11 is 0. The van der Waals surface area contributed by atoms with E-state index in [1.54, 1.807) is 0 Å². The van der Waals surface area contributed by atoms with Crippen molar-refractivity contribution >= 4 is 66.5 Å². The summed E-state index contributed by atoms with van der Waals surface area (Å²) in [6, 6.07) is 57.7. The molecular weight excluding hydrogens is 1280 g/mol. The number of nitrogens with zero attached hydrogens (tertiary/aromatic N) is 5. The van der Waals surface area contributed by atoms with Crippen molar-refractivity contribution in [2.24, 2.45) is 5.41 Å². The first-order valence-corrected chi connectivity index (χ1v) is 31.0. The van der Waals surface area contributed by atoms with Crippen molar-refractivity contribution in [2.75, 3.05) is 9.80 Å². The molecule has 456 valence electrons. The Morgan fingerprint density at radius 2 is 1.23 bits per heavy atom. The zero-order chi connectivity index (χ0) is 67.0. The molecule has 13 rings (SSSR count). The molecule has 90 heavy (non-hydrogen) atoms. The summed E-state index contributed by atoms with van der Waals surface area (Å²) in [5.74, 6) is 1.91. The fourth-order valence-corrected chi connectivity index (χ4v) is 12.7. The molecule has 0 saturated heterocycles. The molecular formula is C82H78N5O2Pt-3. The number of aromatic nitrogens is 2. The molecule has 0 radical (unpaired) electrons.